The number of aryl methyl sites for hydroxylation is 1. The Hall–Kier alpha value is -2.24. The molecule has 2 aliphatic heterocycles. The van der Waals surface area contributed by atoms with E-state index in [9.17, 15) is 0 Å². The Morgan fingerprint density at radius 1 is 0.923 bits per heavy atom. The van der Waals surface area contributed by atoms with E-state index in [4.69, 9.17) is 14.2 Å². The van der Waals surface area contributed by atoms with Gasteiger partial charge < -0.3 is 14.2 Å². The standard InChI is InChI=1S/C21H26N2O3/c1-16-4-3-5-17(10-16)13-22-6-8-23(9-7-22)14-18-11-19(24-2)21-20(12-18)25-15-26-21/h3-5,10-12H,6-9,13-15H2,1-2H3. The fourth-order valence-electron chi connectivity index (χ4n) is 3.71. The Bertz CT molecular complexity index is 770. The summed E-state index contributed by atoms with van der Waals surface area (Å²) < 4.78 is 16.5. The molecule has 0 unspecified atom stereocenters. The lowest BCUT2D eigenvalue weighted by Crippen LogP contribution is -2.45. The van der Waals surface area contributed by atoms with Crippen LogP contribution in [0.3, 0.4) is 0 Å². The second-order valence-electron chi connectivity index (χ2n) is 7.07. The second kappa shape index (κ2) is 7.56. The number of piperazine rings is 1. The third-order valence-electron chi connectivity index (χ3n) is 5.08. The van der Waals surface area contributed by atoms with E-state index < -0.39 is 0 Å². The van der Waals surface area contributed by atoms with Crippen LogP contribution in [0, 0.1) is 6.92 Å². The van der Waals surface area contributed by atoms with Gasteiger partial charge in [-0.15, -0.1) is 0 Å². The SMILES string of the molecule is COc1cc(CN2CCN(Cc3cccc(C)c3)CC2)cc2c1OCO2. The zero-order chi connectivity index (χ0) is 17.9. The predicted octanol–water partition coefficient (Wildman–Crippen LogP) is 3.05. The third-order valence-corrected chi connectivity index (χ3v) is 5.08. The molecule has 26 heavy (non-hydrogen) atoms. The average Bonchev–Trinajstić information content (AvgIpc) is 3.11. The van der Waals surface area contributed by atoms with Crippen molar-refractivity contribution in [1.82, 2.24) is 9.80 Å². The van der Waals surface area contributed by atoms with Crippen LogP contribution < -0.4 is 14.2 Å². The predicted molar refractivity (Wildman–Crippen MR) is 101 cm³/mol. The largest absolute Gasteiger partial charge is 0.493 e. The van der Waals surface area contributed by atoms with Crippen molar-refractivity contribution < 1.29 is 14.2 Å². The molecular weight excluding hydrogens is 328 g/mol. The molecule has 0 radical (unpaired) electrons. The van der Waals surface area contributed by atoms with E-state index in [1.165, 1.54) is 16.7 Å². The first-order valence-electron chi connectivity index (χ1n) is 9.18. The first-order valence-corrected chi connectivity index (χ1v) is 9.18. The number of benzene rings is 2. The van der Waals surface area contributed by atoms with Crippen molar-refractivity contribution in [1.29, 1.82) is 0 Å². The lowest BCUT2D eigenvalue weighted by molar-refractivity contribution is 0.122. The molecular formula is C21H26N2O3. The molecule has 0 N–H and O–H groups in total. The molecule has 2 aromatic carbocycles. The van der Waals surface area contributed by atoms with Gasteiger partial charge in [0.2, 0.25) is 12.5 Å². The zero-order valence-electron chi connectivity index (χ0n) is 15.5. The highest BCUT2D eigenvalue weighted by molar-refractivity contribution is 5.55. The molecule has 0 saturated carbocycles. The van der Waals surface area contributed by atoms with Gasteiger partial charge in [0, 0.05) is 39.3 Å². The van der Waals surface area contributed by atoms with Gasteiger partial charge in [0.05, 0.1) is 7.11 Å². The van der Waals surface area contributed by atoms with Crippen molar-refractivity contribution in [2.75, 3.05) is 40.1 Å². The lowest BCUT2D eigenvalue weighted by Gasteiger charge is -2.34. The van der Waals surface area contributed by atoms with Crippen LogP contribution in [0.15, 0.2) is 36.4 Å². The molecule has 2 aromatic rings. The van der Waals surface area contributed by atoms with Gasteiger partial charge in [-0.05, 0) is 30.2 Å². The maximum absolute atomic E-state index is 5.53. The van der Waals surface area contributed by atoms with Crippen molar-refractivity contribution in [2.45, 2.75) is 20.0 Å². The molecule has 5 nitrogen and oxygen atoms in total. The van der Waals surface area contributed by atoms with Crippen LogP contribution in [0.4, 0.5) is 0 Å². The Kier molecular flexibility index (Phi) is 5.00. The minimum absolute atomic E-state index is 0.271. The maximum atomic E-state index is 5.53. The molecule has 0 spiro atoms. The number of rotatable bonds is 5. The molecule has 5 heteroatoms. The summed E-state index contributed by atoms with van der Waals surface area (Å²) in [5.41, 5.74) is 3.94. The second-order valence-corrected chi connectivity index (χ2v) is 7.07. The minimum atomic E-state index is 0.271. The van der Waals surface area contributed by atoms with Crippen LogP contribution in [0.25, 0.3) is 0 Å². The average molecular weight is 354 g/mol. The Morgan fingerprint density at radius 2 is 1.65 bits per heavy atom. The summed E-state index contributed by atoms with van der Waals surface area (Å²) in [7, 11) is 1.67. The smallest absolute Gasteiger partial charge is 0.231 e. The maximum Gasteiger partial charge on any atom is 0.231 e. The highest BCUT2D eigenvalue weighted by Gasteiger charge is 2.22. The molecule has 1 saturated heterocycles. The van der Waals surface area contributed by atoms with Gasteiger partial charge in [-0.2, -0.15) is 0 Å². The van der Waals surface area contributed by atoms with Crippen LogP contribution in [-0.4, -0.2) is 49.9 Å². The van der Waals surface area contributed by atoms with Gasteiger partial charge in [-0.3, -0.25) is 9.80 Å². The third kappa shape index (κ3) is 3.79. The fraction of sp³-hybridized carbons (Fsp3) is 0.429. The topological polar surface area (TPSA) is 34.2 Å². The first kappa shape index (κ1) is 17.2. The highest BCUT2D eigenvalue weighted by atomic mass is 16.7. The fourth-order valence-corrected chi connectivity index (χ4v) is 3.71. The van der Waals surface area contributed by atoms with Gasteiger partial charge in [-0.25, -0.2) is 0 Å². The van der Waals surface area contributed by atoms with Gasteiger partial charge in [0.25, 0.3) is 0 Å². The van der Waals surface area contributed by atoms with Crippen molar-refractivity contribution in [3.8, 4) is 17.2 Å². The summed E-state index contributed by atoms with van der Waals surface area (Å²) in [5.74, 6) is 2.27. The van der Waals surface area contributed by atoms with Crippen LogP contribution in [0.1, 0.15) is 16.7 Å². The molecule has 0 aromatic heterocycles. The first-order chi connectivity index (χ1) is 12.7. The molecule has 0 atom stereocenters. The van der Waals surface area contributed by atoms with Crippen molar-refractivity contribution in [3.63, 3.8) is 0 Å². The summed E-state index contributed by atoms with van der Waals surface area (Å²) in [5, 5.41) is 0. The van der Waals surface area contributed by atoms with Crippen LogP contribution in [-0.2, 0) is 13.1 Å². The van der Waals surface area contributed by atoms with Gasteiger partial charge >= 0.3 is 0 Å². The summed E-state index contributed by atoms with van der Waals surface area (Å²) in [6, 6.07) is 12.9. The van der Waals surface area contributed by atoms with Gasteiger partial charge in [0.1, 0.15) is 0 Å². The molecule has 0 amide bonds. The Labute approximate surface area is 155 Å². The number of methoxy groups -OCH3 is 1. The molecule has 1 fully saturated rings. The highest BCUT2D eigenvalue weighted by Crippen LogP contribution is 2.42. The summed E-state index contributed by atoms with van der Waals surface area (Å²) in [6.07, 6.45) is 0. The normalized spacial score (nSPS) is 17.5. The van der Waals surface area contributed by atoms with Gasteiger partial charge in [-0.1, -0.05) is 29.8 Å². The Morgan fingerprint density at radius 3 is 2.35 bits per heavy atom. The minimum Gasteiger partial charge on any atom is -0.493 e. The summed E-state index contributed by atoms with van der Waals surface area (Å²) in [6.45, 7) is 8.70. The van der Waals surface area contributed by atoms with E-state index >= 15 is 0 Å². The Balaban J connectivity index is 1.34. The van der Waals surface area contributed by atoms with E-state index in [-0.39, 0.29) is 6.79 Å². The van der Waals surface area contributed by atoms with E-state index in [1.807, 2.05) is 0 Å². The van der Waals surface area contributed by atoms with Crippen LogP contribution >= 0.6 is 0 Å². The molecule has 0 bridgehead atoms. The van der Waals surface area contributed by atoms with Crippen molar-refractivity contribution in [3.05, 3.63) is 53.1 Å². The number of hydrogen-bond donors (Lipinski definition) is 0. The molecule has 2 heterocycles. The molecule has 138 valence electrons. The summed E-state index contributed by atoms with van der Waals surface area (Å²) in [4.78, 5) is 5.02. The molecule has 2 aliphatic rings. The lowest BCUT2D eigenvalue weighted by atomic mass is 10.1. The number of ether oxygens (including phenoxy) is 3. The van der Waals surface area contributed by atoms with Crippen molar-refractivity contribution >= 4 is 0 Å². The van der Waals surface area contributed by atoms with Crippen molar-refractivity contribution in [2.24, 2.45) is 0 Å². The number of hydrogen-bond acceptors (Lipinski definition) is 5. The van der Waals surface area contributed by atoms with E-state index in [0.717, 1.165) is 56.5 Å². The number of nitrogens with zero attached hydrogens (tertiary/aromatic N) is 2. The molecule has 4 rings (SSSR count). The van der Waals surface area contributed by atoms with E-state index in [0.29, 0.717) is 0 Å². The quantitative estimate of drug-likeness (QED) is 0.824. The van der Waals surface area contributed by atoms with E-state index in [1.54, 1.807) is 7.11 Å². The summed E-state index contributed by atoms with van der Waals surface area (Å²) >= 11 is 0. The van der Waals surface area contributed by atoms with Crippen LogP contribution in [0.5, 0.6) is 17.2 Å². The zero-order valence-corrected chi connectivity index (χ0v) is 15.5. The molecule has 0 aliphatic carbocycles. The number of fused-ring (bicyclic) bond motifs is 1. The van der Waals surface area contributed by atoms with E-state index in [2.05, 4.69) is 53.1 Å². The van der Waals surface area contributed by atoms with Gasteiger partial charge in [0.15, 0.2) is 11.5 Å². The monoisotopic (exact) mass is 354 g/mol. The van der Waals surface area contributed by atoms with Crippen LogP contribution in [0.2, 0.25) is 0 Å².